The molecule has 132 valence electrons. The van der Waals surface area contributed by atoms with Crippen LogP contribution in [0.15, 0.2) is 12.1 Å². The smallest absolute Gasteiger partial charge is 0.347 e. The summed E-state index contributed by atoms with van der Waals surface area (Å²) in [4.78, 5) is 24.7. The van der Waals surface area contributed by atoms with Crippen molar-refractivity contribution in [1.82, 2.24) is 0 Å². The van der Waals surface area contributed by atoms with Crippen molar-refractivity contribution >= 4 is 11.8 Å². The molecule has 0 bridgehead atoms. The summed E-state index contributed by atoms with van der Waals surface area (Å²) in [6.07, 6.45) is -0.824. The van der Waals surface area contributed by atoms with E-state index in [9.17, 15) is 9.59 Å². The largest absolute Gasteiger partial charge is 0.477 e. The standard InChI is InChI=1S/C20H28O4/c1-8-23-18(22)16-11-15(21)13-9-12(19(2,3)4)10-14(17(13)24-16)20(5,6)7/h9-10,16H,8,11H2,1-7H3. The molecule has 1 aromatic rings. The highest BCUT2D eigenvalue weighted by molar-refractivity contribution is 6.03. The van der Waals surface area contributed by atoms with Crippen LogP contribution in [0.1, 0.15) is 76.4 Å². The van der Waals surface area contributed by atoms with Crippen LogP contribution in [0, 0.1) is 0 Å². The quantitative estimate of drug-likeness (QED) is 0.763. The Balaban J connectivity index is 2.59. The van der Waals surface area contributed by atoms with Crippen LogP contribution >= 0.6 is 0 Å². The second kappa shape index (κ2) is 6.23. The van der Waals surface area contributed by atoms with Crippen LogP contribution in [-0.2, 0) is 20.4 Å². The maximum absolute atomic E-state index is 12.7. The second-order valence-corrected chi connectivity index (χ2v) is 8.39. The lowest BCUT2D eigenvalue weighted by Crippen LogP contribution is -2.37. The molecule has 0 saturated heterocycles. The molecule has 0 N–H and O–H groups in total. The number of benzene rings is 1. The zero-order valence-electron chi connectivity index (χ0n) is 15.8. The van der Waals surface area contributed by atoms with Gasteiger partial charge in [0.15, 0.2) is 5.78 Å². The molecule has 1 aromatic carbocycles. The number of ether oxygens (including phenoxy) is 2. The SMILES string of the molecule is CCOC(=O)C1CC(=O)c2cc(C(C)(C)C)cc(C(C)(C)C)c2O1. The average molecular weight is 332 g/mol. The number of carbonyl (C=O) groups excluding carboxylic acids is 2. The van der Waals surface area contributed by atoms with Crippen molar-refractivity contribution in [2.24, 2.45) is 0 Å². The Bertz CT molecular complexity index is 659. The van der Waals surface area contributed by atoms with Gasteiger partial charge in [0.1, 0.15) is 5.75 Å². The second-order valence-electron chi connectivity index (χ2n) is 8.39. The Hall–Kier alpha value is -1.84. The third-order valence-electron chi connectivity index (χ3n) is 4.24. The van der Waals surface area contributed by atoms with Crippen LogP contribution in [0.25, 0.3) is 0 Å². The van der Waals surface area contributed by atoms with Gasteiger partial charge in [-0.2, -0.15) is 0 Å². The van der Waals surface area contributed by atoms with Gasteiger partial charge in [0.25, 0.3) is 0 Å². The van der Waals surface area contributed by atoms with E-state index in [4.69, 9.17) is 9.47 Å². The lowest BCUT2D eigenvalue weighted by Gasteiger charge is -2.32. The molecule has 0 aromatic heterocycles. The molecule has 24 heavy (non-hydrogen) atoms. The highest BCUT2D eigenvalue weighted by Gasteiger charge is 2.37. The number of esters is 1. The molecule has 1 unspecified atom stereocenters. The molecule has 1 aliphatic rings. The van der Waals surface area contributed by atoms with Gasteiger partial charge in [-0.3, -0.25) is 4.79 Å². The lowest BCUT2D eigenvalue weighted by atomic mass is 9.77. The minimum Gasteiger partial charge on any atom is -0.477 e. The van der Waals surface area contributed by atoms with E-state index in [1.165, 1.54) is 0 Å². The Kier molecular flexibility index (Phi) is 4.80. The van der Waals surface area contributed by atoms with Gasteiger partial charge in [-0.1, -0.05) is 47.6 Å². The minimum atomic E-state index is -0.855. The minimum absolute atomic E-state index is 0.0308. The molecule has 0 aliphatic carbocycles. The van der Waals surface area contributed by atoms with Gasteiger partial charge in [0, 0.05) is 5.56 Å². The van der Waals surface area contributed by atoms with Crippen LogP contribution in [0.5, 0.6) is 5.75 Å². The summed E-state index contributed by atoms with van der Waals surface area (Å²) < 4.78 is 11.0. The summed E-state index contributed by atoms with van der Waals surface area (Å²) in [5, 5.41) is 0. The third-order valence-corrected chi connectivity index (χ3v) is 4.24. The van der Waals surface area contributed by atoms with Crippen molar-refractivity contribution < 1.29 is 19.1 Å². The van der Waals surface area contributed by atoms with Crippen molar-refractivity contribution in [1.29, 1.82) is 0 Å². The highest BCUT2D eigenvalue weighted by Crippen LogP contribution is 2.41. The summed E-state index contributed by atoms with van der Waals surface area (Å²) >= 11 is 0. The van der Waals surface area contributed by atoms with Crippen molar-refractivity contribution in [3.8, 4) is 5.75 Å². The van der Waals surface area contributed by atoms with E-state index in [1.54, 1.807) is 6.92 Å². The summed E-state index contributed by atoms with van der Waals surface area (Å²) in [7, 11) is 0. The molecule has 4 nitrogen and oxygen atoms in total. The molecule has 2 rings (SSSR count). The van der Waals surface area contributed by atoms with E-state index < -0.39 is 12.1 Å². The van der Waals surface area contributed by atoms with Gasteiger partial charge < -0.3 is 9.47 Å². The topological polar surface area (TPSA) is 52.6 Å². The highest BCUT2D eigenvalue weighted by atomic mass is 16.6. The predicted octanol–water partition coefficient (Wildman–Crippen LogP) is 4.18. The Morgan fingerprint density at radius 3 is 2.29 bits per heavy atom. The van der Waals surface area contributed by atoms with Crippen LogP contribution in [0.4, 0.5) is 0 Å². The molecule has 0 fully saturated rings. The molecule has 1 heterocycles. The summed E-state index contributed by atoms with van der Waals surface area (Å²) in [5.41, 5.74) is 2.34. The zero-order chi connectivity index (χ0) is 18.3. The first-order valence-corrected chi connectivity index (χ1v) is 8.50. The number of hydrogen-bond donors (Lipinski definition) is 0. The Morgan fingerprint density at radius 2 is 1.79 bits per heavy atom. The maximum atomic E-state index is 12.7. The van der Waals surface area contributed by atoms with Crippen molar-refractivity contribution in [3.63, 3.8) is 0 Å². The van der Waals surface area contributed by atoms with Crippen LogP contribution in [-0.4, -0.2) is 24.5 Å². The summed E-state index contributed by atoms with van der Waals surface area (Å²) in [5.74, 6) is -0.00744. The van der Waals surface area contributed by atoms with E-state index >= 15 is 0 Å². The maximum Gasteiger partial charge on any atom is 0.347 e. The monoisotopic (exact) mass is 332 g/mol. The number of Topliss-reactive ketones (excluding diaryl/α,β-unsaturated/α-hetero) is 1. The van der Waals surface area contributed by atoms with Gasteiger partial charge in [-0.15, -0.1) is 0 Å². The first-order chi connectivity index (χ1) is 10.9. The van der Waals surface area contributed by atoms with Crippen molar-refractivity contribution in [2.45, 2.75) is 71.8 Å². The summed E-state index contributed by atoms with van der Waals surface area (Å²) in [6.45, 7) is 14.6. The van der Waals surface area contributed by atoms with E-state index in [1.807, 2.05) is 6.07 Å². The van der Waals surface area contributed by atoms with E-state index in [2.05, 4.69) is 47.6 Å². The van der Waals surface area contributed by atoms with Gasteiger partial charge in [-0.25, -0.2) is 4.79 Å². The molecule has 1 atom stereocenters. The number of rotatable bonds is 2. The summed E-state index contributed by atoms with van der Waals surface area (Å²) in [6, 6.07) is 4.01. The molecule has 0 saturated carbocycles. The zero-order valence-corrected chi connectivity index (χ0v) is 15.8. The van der Waals surface area contributed by atoms with Crippen LogP contribution in [0.3, 0.4) is 0 Å². The number of fused-ring (bicyclic) bond motifs is 1. The average Bonchev–Trinajstić information content (AvgIpc) is 2.44. The number of carbonyl (C=O) groups is 2. The van der Waals surface area contributed by atoms with E-state index in [0.29, 0.717) is 11.3 Å². The number of ketones is 1. The molecule has 0 amide bonds. The molecular formula is C20H28O4. The number of hydrogen-bond acceptors (Lipinski definition) is 4. The van der Waals surface area contributed by atoms with Crippen molar-refractivity contribution in [3.05, 3.63) is 28.8 Å². The van der Waals surface area contributed by atoms with Gasteiger partial charge in [0.2, 0.25) is 6.10 Å². The van der Waals surface area contributed by atoms with Crippen LogP contribution in [0.2, 0.25) is 0 Å². The fraction of sp³-hybridized carbons (Fsp3) is 0.600. The van der Waals surface area contributed by atoms with E-state index in [-0.39, 0.29) is 29.6 Å². The van der Waals surface area contributed by atoms with Gasteiger partial charge in [0.05, 0.1) is 18.6 Å². The fourth-order valence-corrected chi connectivity index (χ4v) is 2.78. The molecule has 0 spiro atoms. The van der Waals surface area contributed by atoms with Crippen LogP contribution < -0.4 is 4.74 Å². The predicted molar refractivity (Wildman–Crippen MR) is 93.8 cm³/mol. The fourth-order valence-electron chi connectivity index (χ4n) is 2.78. The van der Waals surface area contributed by atoms with Gasteiger partial charge in [-0.05, 0) is 29.4 Å². The van der Waals surface area contributed by atoms with Crippen molar-refractivity contribution in [2.75, 3.05) is 6.61 Å². The lowest BCUT2D eigenvalue weighted by molar-refractivity contribution is -0.151. The molecule has 4 heteroatoms. The first kappa shape index (κ1) is 18.5. The van der Waals surface area contributed by atoms with Gasteiger partial charge >= 0.3 is 5.97 Å². The third kappa shape index (κ3) is 3.63. The molecular weight excluding hydrogens is 304 g/mol. The molecule has 1 aliphatic heterocycles. The molecule has 0 radical (unpaired) electrons. The van der Waals surface area contributed by atoms with E-state index in [0.717, 1.165) is 11.1 Å². The first-order valence-electron chi connectivity index (χ1n) is 8.50. The Morgan fingerprint density at radius 1 is 1.17 bits per heavy atom. The Labute approximate surface area is 144 Å². The normalized spacial score (nSPS) is 18.0.